The third kappa shape index (κ3) is 5.69. The number of hydrogen-bond acceptors (Lipinski definition) is 4. The monoisotopic (exact) mass is 566 g/mol. The molecule has 0 aliphatic carbocycles. The third-order valence-corrected chi connectivity index (χ3v) is 7.04. The van der Waals surface area contributed by atoms with Crippen molar-refractivity contribution in [3.63, 3.8) is 0 Å². The highest BCUT2D eigenvalue weighted by molar-refractivity contribution is 5.98. The number of para-hydroxylation sites is 2. The fourth-order valence-corrected chi connectivity index (χ4v) is 5.02. The van der Waals surface area contributed by atoms with Crippen LogP contribution in [0.25, 0.3) is 43.6 Å². The molecule has 2 heterocycles. The van der Waals surface area contributed by atoms with Gasteiger partial charge in [0, 0.05) is 67.8 Å². The van der Waals surface area contributed by atoms with Gasteiger partial charge in [-0.2, -0.15) is 0 Å². The molecule has 9 heteroatoms. The minimum Gasteiger partial charge on any atom is -0.354 e. The fourth-order valence-electron chi connectivity index (χ4n) is 5.02. The van der Waals surface area contributed by atoms with E-state index < -0.39 is 0 Å². The number of nitrogens with one attached hydrogen (secondary N) is 4. The number of aromatic nitrogens is 2. The van der Waals surface area contributed by atoms with Gasteiger partial charge in [-0.25, -0.2) is 0 Å². The maximum absolute atomic E-state index is 12.9. The molecule has 0 saturated heterocycles. The summed E-state index contributed by atoms with van der Waals surface area (Å²) in [6.07, 6.45) is 1.55. The summed E-state index contributed by atoms with van der Waals surface area (Å²) in [5, 5.41) is 7.91. The van der Waals surface area contributed by atoms with Crippen LogP contribution in [-0.2, 0) is 9.59 Å². The summed E-state index contributed by atoms with van der Waals surface area (Å²) in [4.78, 5) is 57.3. The first kappa shape index (κ1) is 27.6. The van der Waals surface area contributed by atoms with Crippen molar-refractivity contribution < 1.29 is 9.59 Å². The quantitative estimate of drug-likeness (QED) is 0.135. The van der Waals surface area contributed by atoms with Crippen molar-refractivity contribution in [3.8, 4) is 0 Å². The Balaban J connectivity index is 0.00000337. The maximum atomic E-state index is 12.9. The molecule has 0 bridgehead atoms. The van der Waals surface area contributed by atoms with Gasteiger partial charge in [0.15, 0.2) is 10.9 Å². The first-order valence-electron chi connectivity index (χ1n) is 13.2. The molecule has 6 aromatic rings. The Morgan fingerprint density at radius 1 is 0.537 bits per heavy atom. The number of halogens is 1. The number of benzene rings is 4. The summed E-state index contributed by atoms with van der Waals surface area (Å²) in [6, 6.07) is 25.1. The molecule has 41 heavy (non-hydrogen) atoms. The Morgan fingerprint density at radius 2 is 0.927 bits per heavy atom. The van der Waals surface area contributed by atoms with Gasteiger partial charge in [-0.05, 0) is 73.5 Å². The highest BCUT2D eigenvalue weighted by Gasteiger charge is 2.10. The Kier molecular flexibility index (Phi) is 7.85. The van der Waals surface area contributed by atoms with E-state index in [1.165, 1.54) is 0 Å². The van der Waals surface area contributed by atoms with Crippen LogP contribution >= 0.6 is 12.4 Å². The van der Waals surface area contributed by atoms with Crippen molar-refractivity contribution in [2.45, 2.75) is 25.7 Å². The number of H-pyrrole nitrogens is 2. The van der Waals surface area contributed by atoms with Crippen LogP contribution in [0.3, 0.4) is 0 Å². The van der Waals surface area contributed by atoms with Crippen LogP contribution in [0.5, 0.6) is 0 Å². The SMILES string of the molecule is Cl.O=C(CCCCC(=O)Nc1ccc2[nH]c3ccccc3c(=O)c2c1)Nc1ccc2[nH]c3ccccc3c(=O)c2c1. The molecule has 8 nitrogen and oxygen atoms in total. The van der Waals surface area contributed by atoms with Crippen molar-refractivity contribution in [2.24, 2.45) is 0 Å². The number of pyridine rings is 2. The number of amides is 2. The molecule has 206 valence electrons. The van der Waals surface area contributed by atoms with Gasteiger partial charge >= 0.3 is 0 Å². The number of aromatic amines is 2. The average molecular weight is 567 g/mol. The van der Waals surface area contributed by atoms with Gasteiger partial charge in [0.1, 0.15) is 0 Å². The number of carbonyl (C=O) groups is 2. The van der Waals surface area contributed by atoms with Crippen LogP contribution in [0.1, 0.15) is 25.7 Å². The van der Waals surface area contributed by atoms with Crippen molar-refractivity contribution in [2.75, 3.05) is 10.6 Å². The number of rotatable bonds is 7. The lowest BCUT2D eigenvalue weighted by Crippen LogP contribution is -2.14. The van der Waals surface area contributed by atoms with E-state index in [0.29, 0.717) is 56.8 Å². The Hall–Kier alpha value is -4.95. The van der Waals surface area contributed by atoms with E-state index >= 15 is 0 Å². The number of fused-ring (bicyclic) bond motifs is 4. The van der Waals surface area contributed by atoms with E-state index in [2.05, 4.69) is 20.6 Å². The van der Waals surface area contributed by atoms with Gasteiger partial charge in [0.25, 0.3) is 0 Å². The molecule has 4 N–H and O–H groups in total. The lowest BCUT2D eigenvalue weighted by molar-refractivity contribution is -0.118. The summed E-state index contributed by atoms with van der Waals surface area (Å²) in [5.74, 6) is -0.365. The van der Waals surface area contributed by atoms with E-state index in [4.69, 9.17) is 0 Å². The van der Waals surface area contributed by atoms with Gasteiger partial charge in [-0.3, -0.25) is 19.2 Å². The molecule has 0 aliphatic rings. The van der Waals surface area contributed by atoms with E-state index in [-0.39, 0.29) is 47.9 Å². The largest absolute Gasteiger partial charge is 0.354 e. The summed E-state index contributed by atoms with van der Waals surface area (Å²) >= 11 is 0. The predicted molar refractivity (Wildman–Crippen MR) is 167 cm³/mol. The summed E-state index contributed by atoms with van der Waals surface area (Å²) in [7, 11) is 0. The number of anilines is 2. The highest BCUT2D eigenvalue weighted by atomic mass is 35.5. The lowest BCUT2D eigenvalue weighted by atomic mass is 10.1. The van der Waals surface area contributed by atoms with Crippen molar-refractivity contribution in [1.29, 1.82) is 0 Å². The van der Waals surface area contributed by atoms with E-state index in [1.54, 1.807) is 48.5 Å². The van der Waals surface area contributed by atoms with Crippen molar-refractivity contribution in [3.05, 3.63) is 105 Å². The predicted octanol–water partition coefficient (Wildman–Crippen LogP) is 6.24. The van der Waals surface area contributed by atoms with Crippen LogP contribution in [0, 0.1) is 0 Å². The zero-order chi connectivity index (χ0) is 27.6. The maximum Gasteiger partial charge on any atom is 0.224 e. The van der Waals surface area contributed by atoms with E-state index in [9.17, 15) is 19.2 Å². The molecule has 0 saturated carbocycles. The molecule has 4 aromatic carbocycles. The molecule has 2 amide bonds. The Bertz CT molecular complexity index is 1920. The minimum absolute atomic E-state index is 0. The van der Waals surface area contributed by atoms with E-state index in [1.807, 2.05) is 36.4 Å². The van der Waals surface area contributed by atoms with E-state index in [0.717, 1.165) is 11.0 Å². The fraction of sp³-hybridized carbons (Fsp3) is 0.125. The molecule has 2 aromatic heterocycles. The molecule has 0 fully saturated rings. The molecular weight excluding hydrogens is 540 g/mol. The Labute approximate surface area is 240 Å². The van der Waals surface area contributed by atoms with Gasteiger partial charge < -0.3 is 20.6 Å². The molecule has 0 unspecified atom stereocenters. The van der Waals surface area contributed by atoms with Crippen LogP contribution in [0.15, 0.2) is 94.5 Å². The van der Waals surface area contributed by atoms with Crippen molar-refractivity contribution in [1.82, 2.24) is 9.97 Å². The molecule has 0 aliphatic heterocycles. The van der Waals surface area contributed by atoms with Crippen LogP contribution in [-0.4, -0.2) is 21.8 Å². The molecule has 0 spiro atoms. The molecule has 0 radical (unpaired) electrons. The number of carbonyl (C=O) groups excluding carboxylic acids is 2. The van der Waals surface area contributed by atoms with Gasteiger partial charge in [0.2, 0.25) is 11.8 Å². The first-order chi connectivity index (χ1) is 19.5. The second-order valence-corrected chi connectivity index (χ2v) is 9.82. The van der Waals surface area contributed by atoms with Gasteiger partial charge in [-0.1, -0.05) is 24.3 Å². The highest BCUT2D eigenvalue weighted by Crippen LogP contribution is 2.20. The first-order valence-corrected chi connectivity index (χ1v) is 13.2. The second-order valence-electron chi connectivity index (χ2n) is 9.82. The Morgan fingerprint density at radius 3 is 1.37 bits per heavy atom. The topological polar surface area (TPSA) is 124 Å². The smallest absolute Gasteiger partial charge is 0.224 e. The van der Waals surface area contributed by atoms with Gasteiger partial charge in [0.05, 0.1) is 0 Å². The minimum atomic E-state index is -0.182. The number of hydrogen-bond donors (Lipinski definition) is 4. The average Bonchev–Trinajstić information content (AvgIpc) is 2.96. The van der Waals surface area contributed by atoms with Crippen LogP contribution in [0.4, 0.5) is 11.4 Å². The molecule has 6 rings (SSSR count). The zero-order valence-electron chi connectivity index (χ0n) is 22.0. The second kappa shape index (κ2) is 11.7. The standard InChI is InChI=1S/C32H26N4O4.ClH/c37-29(33-19-13-15-27-23(17-19)31(39)21-7-1-3-9-25(21)35-27)11-5-6-12-30(38)34-20-14-16-28-24(18-20)32(40)22-8-2-4-10-26(22)36-28;/h1-4,7-10,13-18H,5-6,11-12H2,(H,33,37)(H,34,38)(H,35,39)(H,36,40);1H. The zero-order valence-corrected chi connectivity index (χ0v) is 22.8. The summed E-state index contributed by atoms with van der Waals surface area (Å²) < 4.78 is 0. The normalized spacial score (nSPS) is 11.0. The lowest BCUT2D eigenvalue weighted by Gasteiger charge is -2.09. The van der Waals surface area contributed by atoms with Crippen molar-refractivity contribution >= 4 is 79.2 Å². The summed E-state index contributed by atoms with van der Waals surface area (Å²) in [6.45, 7) is 0. The summed E-state index contributed by atoms with van der Waals surface area (Å²) in [5.41, 5.74) is 3.87. The molecular formula is C32H27ClN4O4. The number of unbranched alkanes of at least 4 members (excludes halogenated alkanes) is 1. The third-order valence-electron chi connectivity index (χ3n) is 7.04. The van der Waals surface area contributed by atoms with Crippen LogP contribution < -0.4 is 21.5 Å². The molecule has 0 atom stereocenters. The van der Waals surface area contributed by atoms with Crippen LogP contribution in [0.2, 0.25) is 0 Å². The van der Waals surface area contributed by atoms with Gasteiger partial charge in [-0.15, -0.1) is 12.4 Å².